The number of rotatable bonds is 5. The van der Waals surface area contributed by atoms with Gasteiger partial charge in [0.2, 0.25) is 0 Å². The number of hydrogen-bond donors (Lipinski definition) is 1. The van der Waals surface area contributed by atoms with Crippen LogP contribution in [0.1, 0.15) is 5.56 Å². The number of amides is 2. The minimum atomic E-state index is -0.0750. The second-order valence-corrected chi connectivity index (χ2v) is 6.23. The Morgan fingerprint density at radius 1 is 1.04 bits per heavy atom. The molecule has 2 aromatic carbocycles. The lowest BCUT2D eigenvalue weighted by Gasteiger charge is -2.34. The maximum absolute atomic E-state index is 12.5. The summed E-state index contributed by atoms with van der Waals surface area (Å²) >= 11 is 0. The summed E-state index contributed by atoms with van der Waals surface area (Å²) in [5, 5.41) is 2.94. The van der Waals surface area contributed by atoms with Crippen molar-refractivity contribution >= 4 is 17.8 Å². The van der Waals surface area contributed by atoms with Crippen molar-refractivity contribution in [3.63, 3.8) is 0 Å². The molecule has 0 unspecified atom stereocenters. The fourth-order valence-electron chi connectivity index (χ4n) is 2.98. The van der Waals surface area contributed by atoms with Gasteiger partial charge in [-0.25, -0.2) is 4.79 Å². The summed E-state index contributed by atoms with van der Waals surface area (Å²) in [5.74, 6) is 0.672. The molecule has 1 heterocycles. The summed E-state index contributed by atoms with van der Waals surface area (Å²) in [5.41, 5.74) is 1.91. The molecule has 0 spiro atoms. The summed E-state index contributed by atoms with van der Waals surface area (Å²) < 4.78 is 5.28. The summed E-state index contributed by atoms with van der Waals surface area (Å²) in [7, 11) is 1.60. The number of para-hydroxylation sites is 2. The average Bonchev–Trinajstić information content (AvgIpc) is 2.70. The van der Waals surface area contributed by atoms with Gasteiger partial charge in [-0.2, -0.15) is 0 Å². The summed E-state index contributed by atoms with van der Waals surface area (Å²) in [6.45, 7) is 4.09. The van der Waals surface area contributed by atoms with E-state index in [1.165, 1.54) is 5.56 Å². The van der Waals surface area contributed by atoms with Crippen molar-refractivity contribution in [1.82, 2.24) is 9.80 Å². The molecule has 1 aliphatic rings. The van der Waals surface area contributed by atoms with Crippen LogP contribution in [0.4, 0.5) is 10.5 Å². The maximum atomic E-state index is 12.5. The van der Waals surface area contributed by atoms with Gasteiger partial charge in [0.1, 0.15) is 5.75 Å². The van der Waals surface area contributed by atoms with Crippen LogP contribution in [0, 0.1) is 0 Å². The highest BCUT2D eigenvalue weighted by molar-refractivity contribution is 5.91. The van der Waals surface area contributed by atoms with E-state index in [4.69, 9.17) is 4.74 Å². The van der Waals surface area contributed by atoms with Gasteiger partial charge in [-0.05, 0) is 17.7 Å². The van der Waals surface area contributed by atoms with Gasteiger partial charge in [0.05, 0.1) is 12.8 Å². The first kappa shape index (κ1) is 18.0. The van der Waals surface area contributed by atoms with Crippen molar-refractivity contribution in [2.75, 3.05) is 45.2 Å². The van der Waals surface area contributed by atoms with Crippen LogP contribution in [-0.4, -0.2) is 55.7 Å². The normalized spacial score (nSPS) is 15.2. The lowest BCUT2D eigenvalue weighted by molar-refractivity contribution is 0.156. The molecule has 2 aromatic rings. The third-order valence-electron chi connectivity index (χ3n) is 4.48. The molecular formula is C21H25N3O2. The topological polar surface area (TPSA) is 44.8 Å². The number of ether oxygens (including phenoxy) is 1. The molecule has 26 heavy (non-hydrogen) atoms. The van der Waals surface area contributed by atoms with Gasteiger partial charge in [0, 0.05) is 32.7 Å². The first-order chi connectivity index (χ1) is 12.8. The highest BCUT2D eigenvalue weighted by Crippen LogP contribution is 2.23. The smallest absolute Gasteiger partial charge is 0.322 e. The SMILES string of the molecule is COc1ccccc1NC(=O)N1CCN(C/C=C/c2ccccc2)CC1. The Kier molecular flexibility index (Phi) is 6.28. The van der Waals surface area contributed by atoms with Gasteiger partial charge in [-0.15, -0.1) is 0 Å². The molecule has 1 N–H and O–H groups in total. The number of carbonyl (C=O) groups is 1. The highest BCUT2D eigenvalue weighted by atomic mass is 16.5. The molecule has 5 nitrogen and oxygen atoms in total. The van der Waals surface area contributed by atoms with E-state index in [2.05, 4.69) is 34.5 Å². The van der Waals surface area contributed by atoms with Crippen LogP contribution in [0.3, 0.4) is 0 Å². The Bertz CT molecular complexity index is 738. The first-order valence-corrected chi connectivity index (χ1v) is 8.89. The highest BCUT2D eigenvalue weighted by Gasteiger charge is 2.21. The van der Waals surface area contributed by atoms with Crippen LogP contribution < -0.4 is 10.1 Å². The molecular weight excluding hydrogens is 326 g/mol. The van der Waals surface area contributed by atoms with E-state index in [0.717, 1.165) is 32.7 Å². The van der Waals surface area contributed by atoms with Crippen LogP contribution in [0.25, 0.3) is 6.08 Å². The molecule has 0 radical (unpaired) electrons. The Morgan fingerprint density at radius 2 is 1.73 bits per heavy atom. The predicted octanol–water partition coefficient (Wildman–Crippen LogP) is 3.56. The number of hydrogen-bond acceptors (Lipinski definition) is 3. The largest absolute Gasteiger partial charge is 0.495 e. The van der Waals surface area contributed by atoms with Gasteiger partial charge in [0.15, 0.2) is 0 Å². The summed E-state index contributed by atoms with van der Waals surface area (Å²) in [4.78, 5) is 16.7. The molecule has 1 aliphatic heterocycles. The number of nitrogens with one attached hydrogen (secondary N) is 1. The van der Waals surface area contributed by atoms with Gasteiger partial charge < -0.3 is 15.0 Å². The van der Waals surface area contributed by atoms with E-state index >= 15 is 0 Å². The van der Waals surface area contributed by atoms with E-state index < -0.39 is 0 Å². The number of piperazine rings is 1. The van der Waals surface area contributed by atoms with Crippen LogP contribution in [0.15, 0.2) is 60.7 Å². The summed E-state index contributed by atoms with van der Waals surface area (Å²) in [6.07, 6.45) is 4.32. The van der Waals surface area contributed by atoms with E-state index in [0.29, 0.717) is 11.4 Å². The Morgan fingerprint density at radius 3 is 2.46 bits per heavy atom. The second kappa shape index (κ2) is 9.06. The quantitative estimate of drug-likeness (QED) is 0.896. The van der Waals surface area contributed by atoms with Gasteiger partial charge in [-0.3, -0.25) is 4.90 Å². The minimum Gasteiger partial charge on any atom is -0.495 e. The van der Waals surface area contributed by atoms with Gasteiger partial charge >= 0.3 is 6.03 Å². The Balaban J connectivity index is 1.46. The minimum absolute atomic E-state index is 0.0750. The number of urea groups is 1. The Labute approximate surface area is 154 Å². The molecule has 0 aliphatic carbocycles. The van der Waals surface area contributed by atoms with E-state index in [1.54, 1.807) is 7.11 Å². The zero-order chi connectivity index (χ0) is 18.2. The first-order valence-electron chi connectivity index (χ1n) is 8.89. The van der Waals surface area contributed by atoms with Crippen molar-refractivity contribution in [2.24, 2.45) is 0 Å². The van der Waals surface area contributed by atoms with Crippen molar-refractivity contribution in [3.05, 3.63) is 66.2 Å². The average molecular weight is 351 g/mol. The fraction of sp³-hybridized carbons (Fsp3) is 0.286. The molecule has 1 saturated heterocycles. The molecule has 3 rings (SSSR count). The van der Waals surface area contributed by atoms with Crippen LogP contribution >= 0.6 is 0 Å². The number of benzene rings is 2. The van der Waals surface area contributed by atoms with Crippen molar-refractivity contribution in [1.29, 1.82) is 0 Å². The third kappa shape index (κ3) is 4.86. The third-order valence-corrected chi connectivity index (χ3v) is 4.48. The maximum Gasteiger partial charge on any atom is 0.322 e. The molecule has 0 atom stereocenters. The van der Waals surface area contributed by atoms with Crippen molar-refractivity contribution < 1.29 is 9.53 Å². The van der Waals surface area contributed by atoms with Crippen LogP contribution in [-0.2, 0) is 0 Å². The fourth-order valence-corrected chi connectivity index (χ4v) is 2.98. The zero-order valence-corrected chi connectivity index (χ0v) is 15.1. The molecule has 0 bridgehead atoms. The van der Waals surface area contributed by atoms with Crippen LogP contribution in [0.5, 0.6) is 5.75 Å². The monoisotopic (exact) mass is 351 g/mol. The predicted molar refractivity (Wildman–Crippen MR) is 106 cm³/mol. The molecule has 5 heteroatoms. The number of anilines is 1. The number of carbonyl (C=O) groups excluding carboxylic acids is 1. The van der Waals surface area contributed by atoms with Crippen molar-refractivity contribution in [2.45, 2.75) is 0 Å². The van der Waals surface area contributed by atoms with E-state index in [1.807, 2.05) is 47.4 Å². The Hall–Kier alpha value is -2.79. The molecule has 0 saturated carbocycles. The number of methoxy groups -OCH3 is 1. The summed E-state index contributed by atoms with van der Waals surface area (Å²) in [6, 6.07) is 17.7. The van der Waals surface area contributed by atoms with Crippen molar-refractivity contribution in [3.8, 4) is 5.75 Å². The standard InChI is InChI=1S/C21H25N3O2/c1-26-20-12-6-5-11-19(20)22-21(25)24-16-14-23(15-17-24)13-7-10-18-8-3-2-4-9-18/h2-12H,13-17H2,1H3,(H,22,25)/b10-7+. The molecule has 0 aromatic heterocycles. The zero-order valence-electron chi connectivity index (χ0n) is 15.1. The second-order valence-electron chi connectivity index (χ2n) is 6.23. The van der Waals surface area contributed by atoms with Gasteiger partial charge in [-0.1, -0.05) is 54.6 Å². The van der Waals surface area contributed by atoms with E-state index in [9.17, 15) is 4.79 Å². The molecule has 1 fully saturated rings. The van der Waals surface area contributed by atoms with Gasteiger partial charge in [0.25, 0.3) is 0 Å². The lowest BCUT2D eigenvalue weighted by atomic mass is 10.2. The van der Waals surface area contributed by atoms with Crippen LogP contribution in [0.2, 0.25) is 0 Å². The number of nitrogens with zero attached hydrogens (tertiary/aromatic N) is 2. The van der Waals surface area contributed by atoms with E-state index in [-0.39, 0.29) is 6.03 Å². The molecule has 136 valence electrons. The molecule has 2 amide bonds. The lowest BCUT2D eigenvalue weighted by Crippen LogP contribution is -2.49.